The van der Waals surface area contributed by atoms with Gasteiger partial charge in [-0.1, -0.05) is 30.7 Å². The molecule has 1 N–H and O–H groups in total. The molecule has 7 heteroatoms. The summed E-state index contributed by atoms with van der Waals surface area (Å²) < 4.78 is 0. The van der Waals surface area contributed by atoms with Crippen molar-refractivity contribution in [2.24, 2.45) is 17.8 Å². The van der Waals surface area contributed by atoms with Crippen LogP contribution in [0.4, 0.5) is 16.2 Å². The molecule has 6 nitrogen and oxygen atoms in total. The second-order valence-corrected chi connectivity index (χ2v) is 14.7. The van der Waals surface area contributed by atoms with Crippen molar-refractivity contribution in [3.63, 3.8) is 0 Å². The van der Waals surface area contributed by atoms with Crippen LogP contribution >= 0.6 is 11.6 Å². The SMILES string of the molecule is CCN1c2cc(Cl)c(/C=C3/C(=O)NC(=O)N(c4ccc(C56CC7CC(CC(C7)C5)C6)cc4)C3=O)cc2C(C)CC1(C)C. The Hall–Kier alpha value is -3.12. The highest BCUT2D eigenvalue weighted by Crippen LogP contribution is 2.60. The van der Waals surface area contributed by atoms with E-state index >= 15 is 0 Å². The zero-order valence-electron chi connectivity index (χ0n) is 25.0. The van der Waals surface area contributed by atoms with Gasteiger partial charge in [0, 0.05) is 22.8 Å². The van der Waals surface area contributed by atoms with Crippen LogP contribution in [0.2, 0.25) is 5.02 Å². The summed E-state index contributed by atoms with van der Waals surface area (Å²) in [5.41, 5.74) is 4.74. The number of halogens is 1. The van der Waals surface area contributed by atoms with Crippen molar-refractivity contribution < 1.29 is 14.4 Å². The maximum absolute atomic E-state index is 13.7. The number of fused-ring (bicyclic) bond motifs is 1. The van der Waals surface area contributed by atoms with E-state index in [1.165, 1.54) is 50.2 Å². The van der Waals surface area contributed by atoms with Crippen molar-refractivity contribution in [3.8, 4) is 0 Å². The van der Waals surface area contributed by atoms with Gasteiger partial charge in [0.1, 0.15) is 5.57 Å². The number of anilines is 2. The fourth-order valence-electron chi connectivity index (χ4n) is 9.71. The molecule has 0 aromatic heterocycles. The van der Waals surface area contributed by atoms with Crippen LogP contribution < -0.4 is 15.1 Å². The Morgan fingerprint density at radius 1 is 0.952 bits per heavy atom. The number of amides is 4. The van der Waals surface area contributed by atoms with Gasteiger partial charge in [-0.15, -0.1) is 0 Å². The summed E-state index contributed by atoms with van der Waals surface area (Å²) in [6.07, 6.45) is 10.4. The number of urea groups is 1. The van der Waals surface area contributed by atoms with E-state index in [-0.39, 0.29) is 22.4 Å². The third-order valence-corrected chi connectivity index (χ3v) is 11.3. The number of benzene rings is 2. The maximum atomic E-state index is 13.7. The number of nitrogens with one attached hydrogen (secondary N) is 1. The van der Waals surface area contributed by atoms with E-state index in [1.807, 2.05) is 24.3 Å². The summed E-state index contributed by atoms with van der Waals surface area (Å²) in [7, 11) is 0. The second-order valence-electron chi connectivity index (χ2n) is 14.3. The third-order valence-electron chi connectivity index (χ3n) is 11.0. The van der Waals surface area contributed by atoms with Gasteiger partial charge in [-0.2, -0.15) is 0 Å². The monoisotopic (exact) mass is 585 g/mol. The third kappa shape index (κ3) is 4.32. The normalized spacial score (nSPS) is 32.4. The molecule has 42 heavy (non-hydrogen) atoms. The van der Waals surface area contributed by atoms with Crippen molar-refractivity contribution in [2.75, 3.05) is 16.3 Å². The molecule has 8 rings (SSSR count). The summed E-state index contributed by atoms with van der Waals surface area (Å²) in [4.78, 5) is 43.1. The van der Waals surface area contributed by atoms with Gasteiger partial charge in [0.2, 0.25) is 0 Å². The minimum Gasteiger partial charge on any atom is -0.366 e. The van der Waals surface area contributed by atoms with Gasteiger partial charge in [0.25, 0.3) is 11.8 Å². The van der Waals surface area contributed by atoms with E-state index in [1.54, 1.807) is 0 Å². The topological polar surface area (TPSA) is 69.7 Å². The zero-order valence-corrected chi connectivity index (χ0v) is 25.8. The van der Waals surface area contributed by atoms with E-state index in [2.05, 4.69) is 50.0 Å². The molecular formula is C35H40ClN3O3. The molecule has 1 unspecified atom stereocenters. The Morgan fingerprint density at radius 3 is 2.17 bits per heavy atom. The lowest BCUT2D eigenvalue weighted by atomic mass is 9.48. The Labute approximate surface area is 253 Å². The van der Waals surface area contributed by atoms with Gasteiger partial charge in [-0.3, -0.25) is 14.9 Å². The van der Waals surface area contributed by atoms with Crippen LogP contribution in [0.5, 0.6) is 0 Å². The fraction of sp³-hybridized carbons (Fsp3) is 0.514. The minimum absolute atomic E-state index is 0.00417. The van der Waals surface area contributed by atoms with Gasteiger partial charge >= 0.3 is 6.03 Å². The average molecular weight is 586 g/mol. The Morgan fingerprint density at radius 2 is 1.57 bits per heavy atom. The number of carbonyl (C=O) groups excluding carboxylic acids is 3. The smallest absolute Gasteiger partial charge is 0.335 e. The molecule has 6 aliphatic rings. The van der Waals surface area contributed by atoms with Crippen molar-refractivity contribution in [2.45, 2.75) is 89.5 Å². The first-order valence-electron chi connectivity index (χ1n) is 15.6. The molecule has 0 radical (unpaired) electrons. The number of imide groups is 2. The molecular weight excluding hydrogens is 546 g/mol. The van der Waals surface area contributed by atoms with Crippen LogP contribution in [-0.2, 0) is 15.0 Å². The molecule has 2 heterocycles. The lowest BCUT2D eigenvalue weighted by molar-refractivity contribution is -0.122. The fourth-order valence-corrected chi connectivity index (χ4v) is 9.92. The molecule has 1 saturated heterocycles. The number of hydrogen-bond acceptors (Lipinski definition) is 4. The zero-order chi connectivity index (χ0) is 29.6. The van der Waals surface area contributed by atoms with Crippen LogP contribution in [-0.4, -0.2) is 29.9 Å². The molecule has 220 valence electrons. The Kier molecular flexibility index (Phi) is 6.40. The number of carbonyl (C=O) groups is 3. The van der Waals surface area contributed by atoms with Crippen molar-refractivity contribution in [1.29, 1.82) is 0 Å². The lowest BCUT2D eigenvalue weighted by Gasteiger charge is -2.57. The first-order chi connectivity index (χ1) is 20.0. The quantitative estimate of drug-likeness (QED) is 0.296. The average Bonchev–Trinajstić information content (AvgIpc) is 2.91. The standard InChI is InChI=1S/C35H40ClN3O3/c1-5-38-30-15-29(36)24(13-27(30)20(2)16-34(38,3)4)14-28-31(40)37-33(42)39(32(28)41)26-8-6-25(7-9-26)35-17-21-10-22(18-35)12-23(11-21)19-35/h6-9,13-15,20-23H,5,10-12,16-19H2,1-4H3,(H,37,40,42)/b28-14-. The Bertz CT molecular complexity index is 1490. The van der Waals surface area contributed by atoms with Gasteiger partial charge in [0.15, 0.2) is 0 Å². The summed E-state index contributed by atoms with van der Waals surface area (Å²) in [5, 5.41) is 2.84. The van der Waals surface area contributed by atoms with Crippen molar-refractivity contribution >= 4 is 46.9 Å². The highest BCUT2D eigenvalue weighted by atomic mass is 35.5. The number of barbiturate groups is 1. The van der Waals surface area contributed by atoms with Crippen LogP contribution in [0.15, 0.2) is 42.0 Å². The second kappa shape index (κ2) is 9.70. The molecule has 1 atom stereocenters. The molecule has 2 aromatic rings. The predicted molar refractivity (Wildman–Crippen MR) is 167 cm³/mol. The van der Waals surface area contributed by atoms with Gasteiger partial charge in [-0.05, 0) is 142 Å². The molecule has 2 aliphatic heterocycles. The molecule has 2 aromatic carbocycles. The van der Waals surface area contributed by atoms with Crippen LogP contribution in [0.25, 0.3) is 6.08 Å². The molecule has 0 spiro atoms. The van der Waals surface area contributed by atoms with Crippen LogP contribution in [0, 0.1) is 17.8 Å². The summed E-state index contributed by atoms with van der Waals surface area (Å²) >= 11 is 6.77. The lowest BCUT2D eigenvalue weighted by Crippen LogP contribution is -2.54. The highest BCUT2D eigenvalue weighted by Gasteiger charge is 2.51. The largest absolute Gasteiger partial charge is 0.366 e. The van der Waals surface area contributed by atoms with E-state index in [4.69, 9.17) is 11.6 Å². The van der Waals surface area contributed by atoms with Gasteiger partial charge < -0.3 is 4.90 Å². The van der Waals surface area contributed by atoms with E-state index in [0.717, 1.165) is 46.9 Å². The van der Waals surface area contributed by atoms with Crippen molar-refractivity contribution in [1.82, 2.24) is 5.32 Å². The summed E-state index contributed by atoms with van der Waals surface area (Å²) in [5.74, 6) is 1.44. The molecule has 5 fully saturated rings. The highest BCUT2D eigenvalue weighted by molar-refractivity contribution is 6.40. The van der Waals surface area contributed by atoms with E-state index in [0.29, 0.717) is 16.3 Å². The number of hydrogen-bond donors (Lipinski definition) is 1. The van der Waals surface area contributed by atoms with Crippen LogP contribution in [0.3, 0.4) is 0 Å². The maximum Gasteiger partial charge on any atom is 0.335 e. The van der Waals surface area contributed by atoms with Gasteiger partial charge in [0.05, 0.1) is 5.69 Å². The minimum atomic E-state index is -0.726. The summed E-state index contributed by atoms with van der Waals surface area (Å²) in [6, 6.07) is 11.2. The molecule has 4 saturated carbocycles. The number of rotatable bonds is 4. The van der Waals surface area contributed by atoms with Crippen LogP contribution in [0.1, 0.15) is 95.2 Å². The summed E-state index contributed by atoms with van der Waals surface area (Å²) in [6.45, 7) is 9.67. The first kappa shape index (κ1) is 27.7. The number of nitrogens with zero attached hydrogens (tertiary/aromatic N) is 2. The van der Waals surface area contributed by atoms with Crippen molar-refractivity contribution in [3.05, 3.63) is 63.7 Å². The molecule has 4 amide bonds. The predicted octanol–water partition coefficient (Wildman–Crippen LogP) is 7.59. The van der Waals surface area contributed by atoms with E-state index < -0.39 is 17.8 Å². The van der Waals surface area contributed by atoms with Gasteiger partial charge in [-0.25, -0.2) is 9.69 Å². The molecule has 4 bridgehead atoms. The first-order valence-corrected chi connectivity index (χ1v) is 16.0. The molecule has 4 aliphatic carbocycles. The van der Waals surface area contributed by atoms with E-state index in [9.17, 15) is 14.4 Å². The Balaban J connectivity index is 1.19.